The smallest absolute Gasteiger partial charge is 0.230 e. The van der Waals surface area contributed by atoms with E-state index in [9.17, 15) is 9.90 Å². The van der Waals surface area contributed by atoms with Crippen molar-refractivity contribution < 1.29 is 14.6 Å². The Balaban J connectivity index is 2.67. The first kappa shape index (κ1) is 17.5. The van der Waals surface area contributed by atoms with Crippen LogP contribution in [0.5, 0.6) is 0 Å². The molecule has 0 bridgehead atoms. The third-order valence-electron chi connectivity index (χ3n) is 3.67. The van der Waals surface area contributed by atoms with Gasteiger partial charge in [-0.2, -0.15) is 0 Å². The van der Waals surface area contributed by atoms with E-state index < -0.39 is 11.0 Å². The van der Waals surface area contributed by atoms with Crippen LogP contribution < -0.4 is 11.1 Å². The average molecular weight is 294 g/mol. The van der Waals surface area contributed by atoms with Gasteiger partial charge in [-0.3, -0.25) is 4.79 Å². The van der Waals surface area contributed by atoms with Crippen molar-refractivity contribution in [2.45, 2.75) is 38.2 Å². The average Bonchev–Trinajstić information content (AvgIpc) is 2.43. The van der Waals surface area contributed by atoms with E-state index in [0.717, 1.165) is 5.56 Å². The summed E-state index contributed by atoms with van der Waals surface area (Å²) in [6, 6.07) is 7.24. The van der Waals surface area contributed by atoms with Gasteiger partial charge in [-0.15, -0.1) is 0 Å². The van der Waals surface area contributed by atoms with Gasteiger partial charge in [0, 0.05) is 32.4 Å². The van der Waals surface area contributed by atoms with Crippen LogP contribution in [-0.2, 0) is 14.9 Å². The number of benzene rings is 1. The Morgan fingerprint density at radius 2 is 1.86 bits per heavy atom. The molecule has 0 saturated heterocycles. The topological polar surface area (TPSA) is 84.6 Å². The molecule has 1 atom stereocenters. The minimum Gasteiger partial charge on any atom is -0.399 e. The molecule has 1 amide bonds. The predicted molar refractivity (Wildman–Crippen MR) is 84.0 cm³/mol. The Kier molecular flexibility index (Phi) is 5.75. The molecule has 0 aliphatic carbocycles. The number of carbonyl (C=O) groups is 1. The summed E-state index contributed by atoms with van der Waals surface area (Å²) in [5, 5.41) is 13.0. The van der Waals surface area contributed by atoms with Gasteiger partial charge in [0.05, 0.1) is 11.0 Å². The third kappa shape index (κ3) is 5.02. The van der Waals surface area contributed by atoms with Crippen molar-refractivity contribution in [1.29, 1.82) is 0 Å². The van der Waals surface area contributed by atoms with Crippen LogP contribution in [0.15, 0.2) is 24.3 Å². The number of nitrogen functional groups attached to an aromatic ring is 1. The Labute approximate surface area is 126 Å². The fourth-order valence-corrected chi connectivity index (χ4v) is 1.93. The summed E-state index contributed by atoms with van der Waals surface area (Å²) in [4.78, 5) is 12.4. The van der Waals surface area contributed by atoms with Gasteiger partial charge in [0.15, 0.2) is 0 Å². The lowest BCUT2D eigenvalue weighted by Gasteiger charge is -2.28. The zero-order valence-electron chi connectivity index (χ0n) is 13.3. The fraction of sp³-hybridized carbons (Fsp3) is 0.562. The second-order valence-electron chi connectivity index (χ2n) is 6.17. The van der Waals surface area contributed by atoms with Gasteiger partial charge in [0.1, 0.15) is 0 Å². The molecule has 0 fully saturated rings. The van der Waals surface area contributed by atoms with Gasteiger partial charge in [-0.05, 0) is 38.5 Å². The van der Waals surface area contributed by atoms with Crippen LogP contribution in [0.4, 0.5) is 5.69 Å². The summed E-state index contributed by atoms with van der Waals surface area (Å²) >= 11 is 0. The molecular formula is C16H26N2O3. The molecule has 0 spiro atoms. The first-order valence-corrected chi connectivity index (χ1v) is 7.05. The maximum Gasteiger partial charge on any atom is 0.230 e. The number of nitrogens with two attached hydrogens (primary N) is 1. The summed E-state index contributed by atoms with van der Waals surface area (Å²) < 4.78 is 4.95. The first-order valence-electron chi connectivity index (χ1n) is 7.05. The number of hydrogen-bond acceptors (Lipinski definition) is 4. The van der Waals surface area contributed by atoms with Gasteiger partial charge in [0.25, 0.3) is 0 Å². The number of methoxy groups -OCH3 is 1. The zero-order chi connectivity index (χ0) is 16.1. The quantitative estimate of drug-likeness (QED) is 0.665. The molecule has 0 radical (unpaired) electrons. The Morgan fingerprint density at radius 3 is 2.38 bits per heavy atom. The number of nitrogens with one attached hydrogen (secondary N) is 1. The van der Waals surface area contributed by atoms with E-state index in [2.05, 4.69) is 5.32 Å². The highest BCUT2D eigenvalue weighted by molar-refractivity contribution is 5.87. The number of ether oxygens (including phenoxy) is 1. The van der Waals surface area contributed by atoms with Crippen molar-refractivity contribution in [1.82, 2.24) is 5.32 Å². The largest absolute Gasteiger partial charge is 0.399 e. The normalized spacial score (nSPS) is 14.5. The summed E-state index contributed by atoms with van der Waals surface area (Å²) in [7, 11) is 1.58. The van der Waals surface area contributed by atoms with E-state index in [1.54, 1.807) is 26.2 Å². The molecule has 5 nitrogen and oxygen atoms in total. The van der Waals surface area contributed by atoms with Crippen LogP contribution in [0, 0.1) is 0 Å². The summed E-state index contributed by atoms with van der Waals surface area (Å²) in [6.07, 6.45) is 0.464. The van der Waals surface area contributed by atoms with E-state index >= 15 is 0 Å². The summed E-state index contributed by atoms with van der Waals surface area (Å²) in [5.41, 5.74) is 5.53. The molecule has 1 aromatic rings. The molecule has 5 heteroatoms. The van der Waals surface area contributed by atoms with Crippen molar-refractivity contribution in [3.05, 3.63) is 29.8 Å². The Bertz CT molecular complexity index is 467. The number of hydrogen-bond donors (Lipinski definition) is 3. The number of carbonyl (C=O) groups excluding carboxylic acids is 1. The van der Waals surface area contributed by atoms with Crippen LogP contribution in [0.2, 0.25) is 0 Å². The zero-order valence-corrected chi connectivity index (χ0v) is 13.3. The summed E-state index contributed by atoms with van der Waals surface area (Å²) in [6.45, 7) is 6.01. The predicted octanol–water partition coefficient (Wildman–Crippen LogP) is 1.45. The summed E-state index contributed by atoms with van der Waals surface area (Å²) in [5.74, 6) is -0.134. The second-order valence-corrected chi connectivity index (χ2v) is 6.17. The first-order chi connectivity index (χ1) is 9.69. The van der Waals surface area contributed by atoms with Crippen LogP contribution in [0.25, 0.3) is 0 Å². The van der Waals surface area contributed by atoms with Gasteiger partial charge in [-0.25, -0.2) is 0 Å². The van der Waals surface area contributed by atoms with Crippen LogP contribution in [-0.4, -0.2) is 36.9 Å². The van der Waals surface area contributed by atoms with E-state index in [1.807, 2.05) is 26.0 Å². The van der Waals surface area contributed by atoms with Crippen molar-refractivity contribution in [3.63, 3.8) is 0 Å². The van der Waals surface area contributed by atoms with Crippen LogP contribution >= 0.6 is 0 Å². The molecule has 0 saturated carbocycles. The lowest BCUT2D eigenvalue weighted by Crippen LogP contribution is -2.47. The number of rotatable bonds is 7. The second kappa shape index (κ2) is 6.91. The van der Waals surface area contributed by atoms with Crippen LogP contribution in [0.3, 0.4) is 0 Å². The molecule has 0 aliphatic heterocycles. The monoisotopic (exact) mass is 294 g/mol. The molecule has 21 heavy (non-hydrogen) atoms. The van der Waals surface area contributed by atoms with E-state index in [-0.39, 0.29) is 12.5 Å². The van der Waals surface area contributed by atoms with E-state index in [4.69, 9.17) is 10.5 Å². The van der Waals surface area contributed by atoms with Gasteiger partial charge in [-0.1, -0.05) is 12.1 Å². The molecule has 118 valence electrons. The third-order valence-corrected chi connectivity index (χ3v) is 3.67. The molecule has 1 aromatic carbocycles. The Hall–Kier alpha value is -1.59. The molecule has 1 rings (SSSR count). The van der Waals surface area contributed by atoms with Gasteiger partial charge >= 0.3 is 0 Å². The van der Waals surface area contributed by atoms with E-state index in [0.29, 0.717) is 18.7 Å². The standard InChI is InChI=1S/C16H26N2O3/c1-15(2,12-5-7-13(17)8-6-12)14(19)18-11-16(3,20)9-10-21-4/h5-8,20H,9-11,17H2,1-4H3,(H,18,19). The molecule has 4 N–H and O–H groups in total. The van der Waals surface area contributed by atoms with Crippen molar-refractivity contribution >= 4 is 11.6 Å². The van der Waals surface area contributed by atoms with Crippen molar-refractivity contribution in [3.8, 4) is 0 Å². The highest BCUT2D eigenvalue weighted by atomic mass is 16.5. The number of amides is 1. The molecule has 0 heterocycles. The maximum absolute atomic E-state index is 12.4. The number of aliphatic hydroxyl groups is 1. The van der Waals surface area contributed by atoms with Gasteiger partial charge in [0.2, 0.25) is 5.91 Å². The highest BCUT2D eigenvalue weighted by Gasteiger charge is 2.31. The maximum atomic E-state index is 12.4. The van der Waals surface area contributed by atoms with Crippen molar-refractivity contribution in [2.75, 3.05) is 26.0 Å². The SMILES string of the molecule is COCCC(C)(O)CNC(=O)C(C)(C)c1ccc(N)cc1. The fourth-order valence-electron chi connectivity index (χ4n) is 1.93. The lowest BCUT2D eigenvalue weighted by atomic mass is 9.83. The minimum absolute atomic E-state index is 0.134. The number of anilines is 1. The van der Waals surface area contributed by atoms with E-state index in [1.165, 1.54) is 0 Å². The van der Waals surface area contributed by atoms with Crippen LogP contribution in [0.1, 0.15) is 32.8 Å². The molecule has 0 aromatic heterocycles. The Morgan fingerprint density at radius 1 is 1.29 bits per heavy atom. The van der Waals surface area contributed by atoms with Gasteiger partial charge < -0.3 is 20.9 Å². The minimum atomic E-state index is -0.983. The molecule has 0 aliphatic rings. The van der Waals surface area contributed by atoms with Crippen molar-refractivity contribution in [2.24, 2.45) is 0 Å². The lowest BCUT2D eigenvalue weighted by molar-refractivity contribution is -0.127. The molecular weight excluding hydrogens is 268 g/mol. The molecule has 1 unspecified atom stereocenters. The highest BCUT2D eigenvalue weighted by Crippen LogP contribution is 2.24.